The molecule has 0 radical (unpaired) electrons. The van der Waals surface area contributed by atoms with Gasteiger partial charge >= 0.3 is 0 Å². The van der Waals surface area contributed by atoms with Gasteiger partial charge in [0, 0.05) is 24.6 Å². The zero-order chi connectivity index (χ0) is 14.1. The zero-order valence-corrected chi connectivity index (χ0v) is 11.6. The highest BCUT2D eigenvalue weighted by Crippen LogP contribution is 2.27. The van der Waals surface area contributed by atoms with Crippen LogP contribution in [0.1, 0.15) is 6.42 Å². The molecule has 2 heterocycles. The molecule has 104 valence electrons. The highest BCUT2D eigenvalue weighted by atomic mass is 32.1. The van der Waals surface area contributed by atoms with E-state index in [2.05, 4.69) is 22.8 Å². The van der Waals surface area contributed by atoms with Gasteiger partial charge in [-0.3, -0.25) is 14.8 Å². The summed E-state index contributed by atoms with van der Waals surface area (Å²) in [5.74, 6) is 1.29. The monoisotopic (exact) mass is 291 g/mol. The van der Waals surface area contributed by atoms with Crippen LogP contribution in [0.25, 0.3) is 11.3 Å². The molecule has 2 aromatic rings. The number of nitrogens with zero attached hydrogens (tertiary/aromatic N) is 2. The van der Waals surface area contributed by atoms with E-state index in [0.717, 1.165) is 0 Å². The molecular weight excluding hydrogens is 277 g/mol. The second-order valence-corrected chi connectivity index (χ2v) is 5.27. The maximum Gasteiger partial charge on any atom is 0.228 e. The molecule has 0 spiro atoms. The van der Waals surface area contributed by atoms with Gasteiger partial charge in [-0.15, -0.1) is 0 Å². The molecule has 1 unspecified atom stereocenters. The molecule has 1 aromatic heterocycles. The van der Waals surface area contributed by atoms with Crippen LogP contribution in [0.3, 0.4) is 0 Å². The number of aromatic amines is 1. The molecule has 1 fully saturated rings. The number of hydrogen-bond acceptors (Lipinski definition) is 3. The van der Waals surface area contributed by atoms with Crippen molar-refractivity contribution in [2.75, 3.05) is 17.2 Å². The average Bonchev–Trinajstić information content (AvgIpc) is 3.05. The van der Waals surface area contributed by atoms with Crippen LogP contribution in [0.2, 0.25) is 0 Å². The lowest BCUT2D eigenvalue weighted by atomic mass is 10.1. The molecule has 1 aromatic carbocycles. The number of amides is 1. The third kappa shape index (κ3) is 2.43. The van der Waals surface area contributed by atoms with E-state index in [1.165, 1.54) is 12.1 Å². The number of rotatable bonds is 3. The number of carbonyl (C=O) groups excluding carboxylic acids is 1. The lowest BCUT2D eigenvalue weighted by molar-refractivity contribution is -0.117. The summed E-state index contributed by atoms with van der Waals surface area (Å²) in [6, 6.07) is 8.03. The van der Waals surface area contributed by atoms with Gasteiger partial charge in [0.2, 0.25) is 5.91 Å². The van der Waals surface area contributed by atoms with Gasteiger partial charge in [-0.2, -0.15) is 17.7 Å². The molecule has 1 N–H and O–H groups in total. The van der Waals surface area contributed by atoms with Crippen LogP contribution in [0.4, 0.5) is 10.2 Å². The van der Waals surface area contributed by atoms with Crippen LogP contribution in [-0.4, -0.2) is 28.4 Å². The first-order valence-corrected chi connectivity index (χ1v) is 7.03. The Hall–Kier alpha value is -1.82. The minimum Gasteiger partial charge on any atom is -0.295 e. The van der Waals surface area contributed by atoms with Crippen molar-refractivity contribution >= 4 is 24.4 Å². The van der Waals surface area contributed by atoms with Crippen LogP contribution >= 0.6 is 12.6 Å². The summed E-state index contributed by atoms with van der Waals surface area (Å²) in [6.07, 6.45) is 0.506. The zero-order valence-electron chi connectivity index (χ0n) is 10.7. The summed E-state index contributed by atoms with van der Waals surface area (Å²) in [5, 5.41) is 7.01. The van der Waals surface area contributed by atoms with Gasteiger partial charge in [0.25, 0.3) is 0 Å². The van der Waals surface area contributed by atoms with Crippen molar-refractivity contribution in [1.29, 1.82) is 0 Å². The standard InChI is InChI=1S/C14H14FN3OS/c15-11-3-1-2-10(5-11)12-6-13(17-16-12)18-7-9(8-20)4-14(18)19/h1-3,5-6,9,20H,4,7-8H2,(H,16,17). The molecule has 4 nitrogen and oxygen atoms in total. The molecule has 0 aliphatic carbocycles. The van der Waals surface area contributed by atoms with E-state index in [-0.39, 0.29) is 17.6 Å². The van der Waals surface area contributed by atoms with Gasteiger partial charge in [0.15, 0.2) is 5.82 Å². The largest absolute Gasteiger partial charge is 0.295 e. The second-order valence-electron chi connectivity index (χ2n) is 4.91. The van der Waals surface area contributed by atoms with E-state index in [1.54, 1.807) is 23.1 Å². The van der Waals surface area contributed by atoms with Crippen molar-refractivity contribution in [3.05, 3.63) is 36.1 Å². The van der Waals surface area contributed by atoms with Crippen LogP contribution in [0, 0.1) is 11.7 Å². The number of halogens is 1. The first kappa shape index (κ1) is 13.2. The molecule has 1 aliphatic rings. The smallest absolute Gasteiger partial charge is 0.228 e. The maximum absolute atomic E-state index is 13.2. The second kappa shape index (κ2) is 5.28. The van der Waals surface area contributed by atoms with Crippen LogP contribution in [0.5, 0.6) is 0 Å². The first-order chi connectivity index (χ1) is 9.67. The first-order valence-electron chi connectivity index (χ1n) is 6.40. The number of benzene rings is 1. The Morgan fingerprint density at radius 1 is 1.45 bits per heavy atom. The molecule has 3 rings (SSSR count). The highest BCUT2D eigenvalue weighted by molar-refractivity contribution is 7.80. The van der Waals surface area contributed by atoms with E-state index in [9.17, 15) is 9.18 Å². The summed E-state index contributed by atoms with van der Waals surface area (Å²) < 4.78 is 13.2. The Morgan fingerprint density at radius 2 is 2.30 bits per heavy atom. The van der Waals surface area contributed by atoms with Crippen molar-refractivity contribution < 1.29 is 9.18 Å². The van der Waals surface area contributed by atoms with Gasteiger partial charge in [-0.25, -0.2) is 4.39 Å². The van der Waals surface area contributed by atoms with Gasteiger partial charge < -0.3 is 0 Å². The molecule has 0 bridgehead atoms. The summed E-state index contributed by atoms with van der Waals surface area (Å²) in [7, 11) is 0. The summed E-state index contributed by atoms with van der Waals surface area (Å²) in [4.78, 5) is 13.6. The molecular formula is C14H14FN3OS. The Morgan fingerprint density at radius 3 is 3.00 bits per heavy atom. The molecule has 6 heteroatoms. The van der Waals surface area contributed by atoms with Gasteiger partial charge in [0.1, 0.15) is 5.82 Å². The Balaban J connectivity index is 1.86. The van der Waals surface area contributed by atoms with Crippen molar-refractivity contribution in [3.8, 4) is 11.3 Å². The van der Waals surface area contributed by atoms with Crippen molar-refractivity contribution in [1.82, 2.24) is 10.2 Å². The van der Waals surface area contributed by atoms with E-state index in [1.807, 2.05) is 0 Å². The quantitative estimate of drug-likeness (QED) is 0.854. The van der Waals surface area contributed by atoms with E-state index in [4.69, 9.17) is 0 Å². The van der Waals surface area contributed by atoms with Crippen molar-refractivity contribution in [2.24, 2.45) is 5.92 Å². The fourth-order valence-corrected chi connectivity index (χ4v) is 2.62. The summed E-state index contributed by atoms with van der Waals surface area (Å²) in [6.45, 7) is 0.635. The minimum atomic E-state index is -0.300. The number of carbonyl (C=O) groups is 1. The predicted octanol–water partition coefficient (Wildman–Crippen LogP) is 2.50. The average molecular weight is 291 g/mol. The van der Waals surface area contributed by atoms with Gasteiger partial charge in [-0.1, -0.05) is 12.1 Å². The SMILES string of the molecule is O=C1CC(CS)CN1c1cc(-c2cccc(F)c2)[nH]n1. The molecule has 20 heavy (non-hydrogen) atoms. The fourth-order valence-electron chi connectivity index (χ4n) is 2.38. The van der Waals surface area contributed by atoms with Crippen molar-refractivity contribution in [3.63, 3.8) is 0 Å². The lowest BCUT2D eigenvalue weighted by Gasteiger charge is -2.12. The number of aromatic nitrogens is 2. The topological polar surface area (TPSA) is 49.0 Å². The molecule has 1 atom stereocenters. The van der Waals surface area contributed by atoms with Crippen LogP contribution in [-0.2, 0) is 4.79 Å². The molecule has 1 saturated heterocycles. The fraction of sp³-hybridized carbons (Fsp3) is 0.286. The summed E-state index contributed by atoms with van der Waals surface area (Å²) in [5.41, 5.74) is 1.41. The normalized spacial score (nSPS) is 18.8. The molecule has 0 saturated carbocycles. The number of anilines is 1. The van der Waals surface area contributed by atoms with E-state index < -0.39 is 0 Å². The third-order valence-corrected chi connectivity index (χ3v) is 3.96. The minimum absolute atomic E-state index is 0.0568. The number of hydrogen-bond donors (Lipinski definition) is 2. The number of H-pyrrole nitrogens is 1. The summed E-state index contributed by atoms with van der Waals surface area (Å²) >= 11 is 4.23. The molecule has 1 amide bonds. The number of thiol groups is 1. The molecule has 1 aliphatic heterocycles. The Labute approximate surface area is 121 Å². The van der Waals surface area contributed by atoms with E-state index >= 15 is 0 Å². The van der Waals surface area contributed by atoms with Gasteiger partial charge in [-0.05, 0) is 23.8 Å². The third-order valence-electron chi connectivity index (χ3n) is 3.44. The van der Waals surface area contributed by atoms with E-state index in [0.29, 0.717) is 35.8 Å². The highest BCUT2D eigenvalue weighted by Gasteiger charge is 2.31. The lowest BCUT2D eigenvalue weighted by Crippen LogP contribution is -2.24. The van der Waals surface area contributed by atoms with Crippen molar-refractivity contribution in [2.45, 2.75) is 6.42 Å². The number of nitrogens with one attached hydrogen (secondary N) is 1. The Kier molecular flexibility index (Phi) is 3.48. The Bertz CT molecular complexity index is 643. The predicted molar refractivity (Wildman–Crippen MR) is 78.3 cm³/mol. The van der Waals surface area contributed by atoms with Gasteiger partial charge in [0.05, 0.1) is 5.69 Å². The van der Waals surface area contributed by atoms with Crippen LogP contribution in [0.15, 0.2) is 30.3 Å². The van der Waals surface area contributed by atoms with Crippen LogP contribution < -0.4 is 4.90 Å². The maximum atomic E-state index is 13.2.